The van der Waals surface area contributed by atoms with Crippen molar-refractivity contribution >= 4 is 21.5 Å². The van der Waals surface area contributed by atoms with Gasteiger partial charge in [0.2, 0.25) is 0 Å². The molecule has 0 atom stereocenters. The molecular weight excluding hydrogens is 286 g/mol. The topological polar surface area (TPSA) is 23.8 Å². The van der Waals surface area contributed by atoms with Gasteiger partial charge in [0.15, 0.2) is 0 Å². The number of nitriles is 1. The van der Waals surface area contributed by atoms with Crippen LogP contribution in [0.1, 0.15) is 16.7 Å². The van der Waals surface area contributed by atoms with Crippen molar-refractivity contribution < 1.29 is 0 Å². The molecule has 88 valence electrons. The fourth-order valence-corrected chi connectivity index (χ4v) is 2.16. The second kappa shape index (κ2) is 6.18. The third kappa shape index (κ3) is 2.88. The first kappa shape index (κ1) is 12.6. The first-order valence-electron chi connectivity index (χ1n) is 5.65. The molecule has 2 heteroatoms. The molecule has 0 amide bonds. The lowest BCUT2D eigenvalue weighted by Crippen LogP contribution is -1.88. The molecule has 2 aromatic carbocycles. The van der Waals surface area contributed by atoms with Gasteiger partial charge < -0.3 is 0 Å². The zero-order chi connectivity index (χ0) is 12.8. The smallest absolute Gasteiger partial charge is 0.0918 e. The summed E-state index contributed by atoms with van der Waals surface area (Å²) in [6.07, 6.45) is 1.60. The van der Waals surface area contributed by atoms with Gasteiger partial charge in [-0.1, -0.05) is 70.5 Å². The third-order valence-electron chi connectivity index (χ3n) is 2.71. The zero-order valence-corrected chi connectivity index (χ0v) is 11.4. The van der Waals surface area contributed by atoms with Crippen molar-refractivity contribution in [3.8, 4) is 6.07 Å². The van der Waals surface area contributed by atoms with Gasteiger partial charge in [-0.3, -0.25) is 0 Å². The molecule has 0 aliphatic rings. The maximum Gasteiger partial charge on any atom is 0.0918 e. The number of hydrogen-bond acceptors (Lipinski definition) is 1. The molecular formula is C16H12BrN. The number of alkyl halides is 1. The van der Waals surface area contributed by atoms with E-state index in [9.17, 15) is 0 Å². The van der Waals surface area contributed by atoms with Gasteiger partial charge in [0.1, 0.15) is 0 Å². The minimum Gasteiger partial charge on any atom is -0.193 e. The van der Waals surface area contributed by atoms with E-state index >= 15 is 0 Å². The highest BCUT2D eigenvalue weighted by molar-refractivity contribution is 9.08. The summed E-state index contributed by atoms with van der Waals surface area (Å²) in [5.74, 6) is 0. The van der Waals surface area contributed by atoms with Crippen molar-refractivity contribution in [1.82, 2.24) is 0 Å². The number of benzene rings is 2. The maximum absolute atomic E-state index is 8.93. The molecule has 0 unspecified atom stereocenters. The normalized spacial score (nSPS) is 11.0. The molecule has 0 aliphatic carbocycles. The van der Waals surface area contributed by atoms with E-state index in [0.29, 0.717) is 0 Å². The summed E-state index contributed by atoms with van der Waals surface area (Å²) in [5.41, 5.74) is 4.31. The van der Waals surface area contributed by atoms with Gasteiger partial charge in [0.05, 0.1) is 6.07 Å². The Morgan fingerprint density at radius 3 is 2.17 bits per heavy atom. The molecule has 2 aromatic rings. The Balaban J connectivity index is 2.43. The van der Waals surface area contributed by atoms with E-state index in [-0.39, 0.29) is 0 Å². The van der Waals surface area contributed by atoms with Crippen LogP contribution in [0.2, 0.25) is 0 Å². The average molecular weight is 298 g/mol. The van der Waals surface area contributed by atoms with Crippen LogP contribution in [-0.4, -0.2) is 0 Å². The second-order valence-electron chi connectivity index (χ2n) is 3.88. The van der Waals surface area contributed by atoms with E-state index < -0.39 is 0 Å². The predicted octanol–water partition coefficient (Wildman–Crippen LogP) is 4.54. The van der Waals surface area contributed by atoms with Gasteiger partial charge in [0, 0.05) is 11.4 Å². The van der Waals surface area contributed by atoms with Crippen LogP contribution < -0.4 is 0 Å². The van der Waals surface area contributed by atoms with Crippen molar-refractivity contribution in [2.45, 2.75) is 5.33 Å². The summed E-state index contributed by atoms with van der Waals surface area (Å²) in [6, 6.07) is 20.3. The van der Waals surface area contributed by atoms with Crippen LogP contribution in [0.15, 0.2) is 60.7 Å². The van der Waals surface area contributed by atoms with Crippen molar-refractivity contribution in [1.29, 1.82) is 5.26 Å². The molecule has 2 rings (SSSR count). The molecule has 1 nitrogen and oxygen atoms in total. The Labute approximate surface area is 116 Å². The van der Waals surface area contributed by atoms with Crippen LogP contribution in [0.25, 0.3) is 5.57 Å². The summed E-state index contributed by atoms with van der Waals surface area (Å²) in [7, 11) is 0. The van der Waals surface area contributed by atoms with Gasteiger partial charge in [-0.05, 0) is 22.3 Å². The lowest BCUT2D eigenvalue weighted by atomic mass is 9.97. The molecule has 0 heterocycles. The SMILES string of the molecule is N#C/C=C(/c1ccccc1)c1ccc(CBr)cc1. The highest BCUT2D eigenvalue weighted by Crippen LogP contribution is 2.23. The average Bonchev–Trinajstić information content (AvgIpc) is 2.46. The lowest BCUT2D eigenvalue weighted by Gasteiger charge is -2.07. The number of nitrogens with zero attached hydrogens (tertiary/aromatic N) is 1. The van der Waals surface area contributed by atoms with Crippen molar-refractivity contribution in [2.24, 2.45) is 0 Å². The number of halogens is 1. The van der Waals surface area contributed by atoms with Gasteiger partial charge in [-0.15, -0.1) is 0 Å². The van der Waals surface area contributed by atoms with Gasteiger partial charge in [-0.2, -0.15) is 5.26 Å². The molecule has 0 aliphatic heterocycles. The summed E-state index contributed by atoms with van der Waals surface area (Å²) in [6.45, 7) is 0. The quantitative estimate of drug-likeness (QED) is 0.603. The fraction of sp³-hybridized carbons (Fsp3) is 0.0625. The standard InChI is InChI=1S/C16H12BrN/c17-12-13-6-8-15(9-7-13)16(10-11-18)14-4-2-1-3-5-14/h1-10H,12H2/b16-10-. The van der Waals surface area contributed by atoms with Crippen molar-refractivity contribution in [2.75, 3.05) is 0 Å². The van der Waals surface area contributed by atoms with E-state index in [0.717, 1.165) is 22.0 Å². The molecule has 18 heavy (non-hydrogen) atoms. The summed E-state index contributed by atoms with van der Waals surface area (Å²) in [4.78, 5) is 0. The van der Waals surface area contributed by atoms with Crippen LogP contribution in [0, 0.1) is 11.3 Å². The predicted molar refractivity (Wildman–Crippen MR) is 78.2 cm³/mol. The minimum atomic E-state index is 0.843. The summed E-state index contributed by atoms with van der Waals surface area (Å²) >= 11 is 3.43. The number of hydrogen-bond donors (Lipinski definition) is 0. The molecule has 0 saturated carbocycles. The van der Waals surface area contributed by atoms with Crippen LogP contribution >= 0.6 is 15.9 Å². The zero-order valence-electron chi connectivity index (χ0n) is 9.81. The Hall–Kier alpha value is -1.85. The third-order valence-corrected chi connectivity index (χ3v) is 3.36. The molecule has 0 spiro atoms. The molecule has 0 radical (unpaired) electrons. The Morgan fingerprint density at radius 2 is 1.61 bits per heavy atom. The van der Waals surface area contributed by atoms with Gasteiger partial charge in [-0.25, -0.2) is 0 Å². The highest BCUT2D eigenvalue weighted by Gasteiger charge is 2.04. The Kier molecular flexibility index (Phi) is 4.33. The van der Waals surface area contributed by atoms with E-state index in [1.165, 1.54) is 5.56 Å². The summed E-state index contributed by atoms with van der Waals surface area (Å²) < 4.78 is 0. The van der Waals surface area contributed by atoms with Crippen molar-refractivity contribution in [3.63, 3.8) is 0 Å². The van der Waals surface area contributed by atoms with E-state index in [1.807, 2.05) is 42.5 Å². The maximum atomic E-state index is 8.93. The monoisotopic (exact) mass is 297 g/mol. The largest absolute Gasteiger partial charge is 0.193 e. The van der Waals surface area contributed by atoms with Crippen LogP contribution in [0.3, 0.4) is 0 Å². The Bertz CT molecular complexity index is 577. The summed E-state index contributed by atoms with van der Waals surface area (Å²) in [5, 5.41) is 9.77. The Morgan fingerprint density at radius 1 is 1.00 bits per heavy atom. The van der Waals surface area contributed by atoms with E-state index in [2.05, 4.69) is 34.1 Å². The first-order chi connectivity index (χ1) is 8.85. The molecule has 0 aromatic heterocycles. The van der Waals surface area contributed by atoms with Crippen LogP contribution in [0.4, 0.5) is 0 Å². The second-order valence-corrected chi connectivity index (χ2v) is 4.44. The fourth-order valence-electron chi connectivity index (χ4n) is 1.79. The first-order valence-corrected chi connectivity index (χ1v) is 6.78. The van der Waals surface area contributed by atoms with Crippen LogP contribution in [0.5, 0.6) is 0 Å². The van der Waals surface area contributed by atoms with Crippen LogP contribution in [-0.2, 0) is 5.33 Å². The van der Waals surface area contributed by atoms with Gasteiger partial charge >= 0.3 is 0 Å². The molecule has 0 fully saturated rings. The minimum absolute atomic E-state index is 0.843. The van der Waals surface area contributed by atoms with E-state index in [4.69, 9.17) is 5.26 Å². The highest BCUT2D eigenvalue weighted by atomic mass is 79.9. The van der Waals surface area contributed by atoms with Gasteiger partial charge in [0.25, 0.3) is 0 Å². The number of allylic oxidation sites excluding steroid dienone is 1. The lowest BCUT2D eigenvalue weighted by molar-refractivity contribution is 1.42. The number of rotatable bonds is 3. The van der Waals surface area contributed by atoms with Crippen molar-refractivity contribution in [3.05, 3.63) is 77.4 Å². The van der Waals surface area contributed by atoms with E-state index in [1.54, 1.807) is 6.08 Å². The molecule has 0 bridgehead atoms. The molecule has 0 N–H and O–H groups in total. The molecule has 0 saturated heterocycles.